The van der Waals surface area contributed by atoms with E-state index in [4.69, 9.17) is 16.4 Å². The van der Waals surface area contributed by atoms with Crippen molar-refractivity contribution in [1.82, 2.24) is 0 Å². The van der Waals surface area contributed by atoms with Gasteiger partial charge >= 0.3 is 0 Å². The Morgan fingerprint density at radius 2 is 2.12 bits per heavy atom. The molecule has 1 aliphatic rings. The molecule has 1 N–H and O–H groups in total. The van der Waals surface area contributed by atoms with Gasteiger partial charge in [-0.15, -0.1) is 0 Å². The smallest absolute Gasteiger partial charge is 0.168 e. The van der Waals surface area contributed by atoms with Crippen molar-refractivity contribution in [3.8, 4) is 0 Å². The Morgan fingerprint density at radius 3 is 2.64 bits per heavy atom. The van der Waals surface area contributed by atoms with Gasteiger partial charge in [-0.2, -0.15) is 0 Å². The van der Waals surface area contributed by atoms with Crippen molar-refractivity contribution in [2.45, 2.75) is 51.7 Å². The zero-order chi connectivity index (χ0) is 19.0. The first-order valence-electron chi connectivity index (χ1n) is 8.38. The van der Waals surface area contributed by atoms with E-state index < -0.39 is 15.1 Å². The monoisotopic (exact) mass is 391 g/mol. The molecule has 6 nitrogen and oxygen atoms in total. The van der Waals surface area contributed by atoms with Crippen molar-refractivity contribution in [3.63, 3.8) is 0 Å². The minimum absolute atomic E-state index is 0.0422. The Hall–Kier alpha value is -1.34. The Morgan fingerprint density at radius 1 is 1.44 bits per heavy atom. The second-order valence-electron chi connectivity index (χ2n) is 6.07. The zero-order valence-corrected chi connectivity index (χ0v) is 16.4. The van der Waals surface area contributed by atoms with Crippen LogP contribution in [0.3, 0.4) is 0 Å². The lowest BCUT2D eigenvalue weighted by Gasteiger charge is -2.25. The van der Waals surface area contributed by atoms with E-state index >= 15 is 0 Å². The maximum atomic E-state index is 12.5. The second kappa shape index (κ2) is 9.97. The van der Waals surface area contributed by atoms with Crippen LogP contribution in [0.2, 0.25) is 0 Å². The molecule has 0 aromatic heterocycles. The highest BCUT2D eigenvalue weighted by atomic mass is 35.5. The highest BCUT2D eigenvalue weighted by Crippen LogP contribution is 2.31. The molecule has 0 saturated carbocycles. The van der Waals surface area contributed by atoms with Gasteiger partial charge in [0.15, 0.2) is 15.6 Å². The van der Waals surface area contributed by atoms with Crippen molar-refractivity contribution in [2.75, 3.05) is 12.4 Å². The average molecular weight is 392 g/mol. The number of Topliss-reactive ketones (excluding diaryl/α,β-unsaturated/α-hetero) is 1. The fourth-order valence-corrected chi connectivity index (χ4v) is 4.06. The third kappa shape index (κ3) is 6.15. The summed E-state index contributed by atoms with van der Waals surface area (Å²) in [6, 6.07) is 0. The Bertz CT molecular complexity index is 667. The lowest BCUT2D eigenvalue weighted by atomic mass is 9.82. The third-order valence-electron chi connectivity index (χ3n) is 4.26. The van der Waals surface area contributed by atoms with E-state index in [0.29, 0.717) is 18.6 Å². The standard InChI is InChI=1S/C17H26ClNO5S/c1-4-14(19-24-8-6-7-18)17-15(20)10-13(11-16(17)21)9-12(3)25(22,23)5-2/h6-7,12-13,20H,4-5,8-11H2,1-3H3. The summed E-state index contributed by atoms with van der Waals surface area (Å²) in [7, 11) is -3.15. The van der Waals surface area contributed by atoms with Gasteiger partial charge < -0.3 is 9.94 Å². The summed E-state index contributed by atoms with van der Waals surface area (Å²) >= 11 is 5.39. The Balaban J connectivity index is 2.89. The molecule has 0 aliphatic heterocycles. The van der Waals surface area contributed by atoms with E-state index in [-0.39, 0.29) is 48.2 Å². The molecule has 8 heteroatoms. The average Bonchev–Trinajstić information content (AvgIpc) is 2.56. The van der Waals surface area contributed by atoms with Crippen LogP contribution >= 0.6 is 11.6 Å². The van der Waals surface area contributed by atoms with Crippen LogP contribution in [0, 0.1) is 5.92 Å². The first-order valence-corrected chi connectivity index (χ1v) is 10.5. The van der Waals surface area contributed by atoms with Gasteiger partial charge in [-0.1, -0.05) is 30.6 Å². The molecule has 0 aromatic carbocycles. The van der Waals surface area contributed by atoms with E-state index in [1.54, 1.807) is 19.9 Å². The number of allylic oxidation sites excluding steroid dienone is 2. The Kier molecular flexibility index (Phi) is 8.65. The molecule has 1 rings (SSSR count). The normalized spacial score (nSPS) is 21.0. The van der Waals surface area contributed by atoms with Crippen LogP contribution in [0.5, 0.6) is 0 Å². The summed E-state index contributed by atoms with van der Waals surface area (Å²) in [5.41, 5.74) is 1.89. The first kappa shape index (κ1) is 21.7. The lowest BCUT2D eigenvalue weighted by molar-refractivity contribution is -0.116. The van der Waals surface area contributed by atoms with E-state index in [1.807, 2.05) is 6.92 Å². The largest absolute Gasteiger partial charge is 0.511 e. The Labute approximate surface area is 154 Å². The predicted octanol–water partition coefficient (Wildman–Crippen LogP) is 3.53. The molecule has 0 bridgehead atoms. The topological polar surface area (TPSA) is 93.0 Å². The van der Waals surface area contributed by atoms with Crippen LogP contribution in [-0.4, -0.2) is 42.6 Å². The lowest BCUT2D eigenvalue weighted by Crippen LogP contribution is -2.29. The number of hydrogen-bond donors (Lipinski definition) is 1. The summed E-state index contributed by atoms with van der Waals surface area (Å²) in [5, 5.41) is 13.7. The number of nitrogens with zero attached hydrogens (tertiary/aromatic N) is 1. The van der Waals surface area contributed by atoms with Crippen molar-refractivity contribution >= 4 is 32.9 Å². The number of carbonyl (C=O) groups excluding carboxylic acids is 1. The van der Waals surface area contributed by atoms with Gasteiger partial charge in [0.1, 0.15) is 12.4 Å². The van der Waals surface area contributed by atoms with E-state index in [2.05, 4.69) is 5.16 Å². The van der Waals surface area contributed by atoms with Crippen molar-refractivity contribution in [2.24, 2.45) is 11.1 Å². The minimum Gasteiger partial charge on any atom is -0.511 e. The molecule has 2 atom stereocenters. The molecule has 0 heterocycles. The van der Waals surface area contributed by atoms with Crippen LogP contribution < -0.4 is 0 Å². The van der Waals surface area contributed by atoms with Crippen molar-refractivity contribution in [1.29, 1.82) is 0 Å². The van der Waals surface area contributed by atoms with Gasteiger partial charge in [-0.05, 0) is 31.8 Å². The summed E-state index contributed by atoms with van der Waals surface area (Å²) in [5.74, 6) is -0.389. The van der Waals surface area contributed by atoms with Gasteiger partial charge in [-0.3, -0.25) is 4.79 Å². The number of oxime groups is 1. The quantitative estimate of drug-likeness (QED) is 0.368. The van der Waals surface area contributed by atoms with Gasteiger partial charge in [0, 0.05) is 24.1 Å². The number of aliphatic hydroxyl groups excluding tert-OH is 1. The number of sulfone groups is 1. The molecular weight excluding hydrogens is 366 g/mol. The second-order valence-corrected chi connectivity index (χ2v) is 9.03. The SMILES string of the molecule is CCC(=NOCC=CCl)C1=C(O)CC(CC(C)S(=O)(=O)CC)CC1=O. The number of halogens is 1. The molecule has 1 aliphatic carbocycles. The molecule has 0 radical (unpaired) electrons. The summed E-state index contributed by atoms with van der Waals surface area (Å²) < 4.78 is 23.8. The molecule has 0 aromatic rings. The van der Waals surface area contributed by atoms with Gasteiger partial charge in [-0.25, -0.2) is 8.42 Å². The molecule has 0 spiro atoms. The van der Waals surface area contributed by atoms with Crippen molar-refractivity contribution < 1.29 is 23.2 Å². The zero-order valence-electron chi connectivity index (χ0n) is 14.9. The predicted molar refractivity (Wildman–Crippen MR) is 99.6 cm³/mol. The van der Waals surface area contributed by atoms with Crippen molar-refractivity contribution in [3.05, 3.63) is 22.9 Å². The number of aliphatic hydroxyl groups is 1. The highest BCUT2D eigenvalue weighted by molar-refractivity contribution is 7.91. The fourth-order valence-electron chi connectivity index (χ4n) is 2.85. The van der Waals surface area contributed by atoms with Crippen LogP contribution in [-0.2, 0) is 19.5 Å². The summed E-state index contributed by atoms with van der Waals surface area (Å²) in [6.45, 7) is 5.24. The maximum Gasteiger partial charge on any atom is 0.168 e. The van der Waals surface area contributed by atoms with Gasteiger partial charge in [0.05, 0.1) is 16.5 Å². The van der Waals surface area contributed by atoms with Crippen LogP contribution in [0.4, 0.5) is 0 Å². The van der Waals surface area contributed by atoms with Crippen LogP contribution in [0.25, 0.3) is 0 Å². The molecule has 142 valence electrons. The number of hydrogen-bond acceptors (Lipinski definition) is 6. The van der Waals surface area contributed by atoms with E-state index in [9.17, 15) is 18.3 Å². The number of carbonyl (C=O) groups is 1. The third-order valence-corrected chi connectivity index (χ3v) is 6.66. The van der Waals surface area contributed by atoms with Crippen LogP contribution in [0.15, 0.2) is 28.1 Å². The van der Waals surface area contributed by atoms with Gasteiger partial charge in [0.25, 0.3) is 0 Å². The summed E-state index contributed by atoms with van der Waals surface area (Å²) in [6.07, 6.45) is 2.81. The van der Waals surface area contributed by atoms with E-state index in [0.717, 1.165) is 0 Å². The fraction of sp³-hybridized carbons (Fsp3) is 0.647. The first-order chi connectivity index (χ1) is 11.8. The molecule has 0 saturated heterocycles. The number of rotatable bonds is 9. The summed E-state index contributed by atoms with van der Waals surface area (Å²) in [4.78, 5) is 17.5. The van der Waals surface area contributed by atoms with E-state index in [1.165, 1.54) is 5.54 Å². The molecule has 0 amide bonds. The molecule has 2 unspecified atom stereocenters. The highest BCUT2D eigenvalue weighted by Gasteiger charge is 2.33. The van der Waals surface area contributed by atoms with Crippen LogP contribution in [0.1, 0.15) is 46.5 Å². The number of ketones is 1. The maximum absolute atomic E-state index is 12.5. The molecule has 0 fully saturated rings. The molecule has 25 heavy (non-hydrogen) atoms. The van der Waals surface area contributed by atoms with Gasteiger partial charge in [0.2, 0.25) is 0 Å². The minimum atomic E-state index is -3.15. The molecular formula is C17H26ClNO5S.